The second-order valence-electron chi connectivity index (χ2n) is 8.09. The van der Waals surface area contributed by atoms with Crippen LogP contribution in [0.1, 0.15) is 23.0 Å². The van der Waals surface area contributed by atoms with Crippen LogP contribution in [0.4, 0.5) is 20.3 Å². The Balaban J connectivity index is 1.62. The van der Waals surface area contributed by atoms with E-state index in [1.807, 2.05) is 18.7 Å². The van der Waals surface area contributed by atoms with Crippen LogP contribution < -0.4 is 15.0 Å². The van der Waals surface area contributed by atoms with Crippen LogP contribution in [0, 0.1) is 12.8 Å². The number of aryl methyl sites for hydroxylation is 1. The molecule has 2 N–H and O–H groups in total. The first kappa shape index (κ1) is 23.8. The van der Waals surface area contributed by atoms with Crippen LogP contribution in [0.3, 0.4) is 0 Å². The fourth-order valence-corrected chi connectivity index (χ4v) is 3.84. The molecule has 8 nitrogen and oxygen atoms in total. The maximum Gasteiger partial charge on any atom is 0.487 e. The van der Waals surface area contributed by atoms with Gasteiger partial charge in [0.15, 0.2) is 0 Å². The number of carbonyl (C=O) groups is 1. The third-order valence-corrected chi connectivity index (χ3v) is 5.63. The quantitative estimate of drug-likeness (QED) is 0.503. The van der Waals surface area contributed by atoms with Gasteiger partial charge in [-0.1, -0.05) is 6.92 Å². The molecule has 0 saturated carbocycles. The molecule has 0 aliphatic carbocycles. The van der Waals surface area contributed by atoms with E-state index in [2.05, 4.69) is 25.0 Å². The number of halogens is 3. The van der Waals surface area contributed by atoms with Crippen molar-refractivity contribution in [2.45, 2.75) is 25.5 Å². The summed E-state index contributed by atoms with van der Waals surface area (Å²) < 4.78 is 29.8. The maximum absolute atomic E-state index is 12.9. The average Bonchev–Trinajstić information content (AvgIpc) is 3.12. The van der Waals surface area contributed by atoms with Gasteiger partial charge in [0.2, 0.25) is 0 Å². The summed E-state index contributed by atoms with van der Waals surface area (Å²) in [5, 5.41) is 12.9. The lowest BCUT2D eigenvalue weighted by Gasteiger charge is -2.21. The highest BCUT2D eigenvalue weighted by molar-refractivity contribution is 6.20. The predicted molar refractivity (Wildman–Crippen MR) is 123 cm³/mol. The van der Waals surface area contributed by atoms with E-state index in [1.54, 1.807) is 12.3 Å². The third-order valence-electron chi connectivity index (χ3n) is 5.55. The molecule has 0 bridgehead atoms. The van der Waals surface area contributed by atoms with Gasteiger partial charge < -0.3 is 20.1 Å². The number of benzene rings is 1. The van der Waals surface area contributed by atoms with Gasteiger partial charge in [-0.15, -0.1) is 8.78 Å². The molecule has 4 rings (SSSR count). The minimum atomic E-state index is -3.82. The molecular weight excluding hydrogens is 468 g/mol. The number of ether oxygens (including phenoxy) is 1. The summed E-state index contributed by atoms with van der Waals surface area (Å²) in [7, 11) is 0. The van der Waals surface area contributed by atoms with Crippen molar-refractivity contribution in [1.29, 1.82) is 0 Å². The number of nitrogens with zero attached hydrogens (tertiary/aromatic N) is 4. The number of aliphatic hydroxyl groups is 1. The van der Waals surface area contributed by atoms with Crippen molar-refractivity contribution in [3.05, 3.63) is 60.3 Å². The van der Waals surface area contributed by atoms with Gasteiger partial charge in [0.1, 0.15) is 17.9 Å². The predicted octanol–water partition coefficient (Wildman–Crippen LogP) is 4.08. The number of amides is 1. The van der Waals surface area contributed by atoms with E-state index in [4.69, 9.17) is 11.6 Å². The van der Waals surface area contributed by atoms with Gasteiger partial charge in [0, 0.05) is 65.5 Å². The molecule has 0 spiro atoms. The number of alkyl halides is 3. The molecule has 2 atom stereocenters. The molecule has 0 unspecified atom stereocenters. The summed E-state index contributed by atoms with van der Waals surface area (Å²) in [6, 6.07) is 7.07. The Kier molecular flexibility index (Phi) is 6.63. The lowest BCUT2D eigenvalue weighted by Crippen LogP contribution is -2.23. The molecule has 1 aromatic carbocycles. The van der Waals surface area contributed by atoms with Gasteiger partial charge in [-0.05, 0) is 37.3 Å². The number of β-amino-alcohol motifs (C(OH)–C–C–N with tert-alkyl or cyclic N) is 1. The van der Waals surface area contributed by atoms with E-state index in [0.29, 0.717) is 30.2 Å². The van der Waals surface area contributed by atoms with Gasteiger partial charge in [-0.3, -0.25) is 4.79 Å². The minimum absolute atomic E-state index is 0.0800. The summed E-state index contributed by atoms with van der Waals surface area (Å²) in [5.74, 6) is 0.117. The number of hydrogen-bond acceptors (Lipinski definition) is 7. The Bertz CT molecular complexity index is 1180. The largest absolute Gasteiger partial charge is 0.487 e. The van der Waals surface area contributed by atoms with Crippen LogP contribution in [0.5, 0.6) is 5.75 Å². The summed E-state index contributed by atoms with van der Waals surface area (Å²) in [4.78, 5) is 27.8. The Hall–Kier alpha value is -3.37. The SMILES string of the molecule is Cc1ncncc1-c1cc(C(=O)Nc2ccc(OC(F)(F)Cl)cc2)cnc1N1C[C@@H](C)[C@H](O)C1. The molecule has 34 heavy (non-hydrogen) atoms. The molecule has 1 fully saturated rings. The van der Waals surface area contributed by atoms with Crippen LogP contribution >= 0.6 is 11.6 Å². The summed E-state index contributed by atoms with van der Waals surface area (Å²) in [6.07, 6.45) is 4.08. The number of nitrogens with one attached hydrogen (secondary N) is 1. The number of anilines is 2. The van der Waals surface area contributed by atoms with Crippen molar-refractivity contribution < 1.29 is 23.4 Å². The monoisotopic (exact) mass is 489 g/mol. The van der Waals surface area contributed by atoms with Gasteiger partial charge in [0.25, 0.3) is 5.91 Å². The highest BCUT2D eigenvalue weighted by Gasteiger charge is 2.31. The van der Waals surface area contributed by atoms with Crippen LogP contribution in [0.15, 0.2) is 49.1 Å². The molecule has 1 aliphatic heterocycles. The van der Waals surface area contributed by atoms with E-state index in [0.717, 1.165) is 11.3 Å². The average molecular weight is 490 g/mol. The number of aliphatic hydroxyl groups excluding tert-OH is 1. The second-order valence-corrected chi connectivity index (χ2v) is 8.53. The first-order valence-corrected chi connectivity index (χ1v) is 10.9. The summed E-state index contributed by atoms with van der Waals surface area (Å²) in [5.41, 5.74) is -1.07. The lowest BCUT2D eigenvalue weighted by atomic mass is 10.0. The highest BCUT2D eigenvalue weighted by atomic mass is 35.5. The number of aromatic nitrogens is 3. The van der Waals surface area contributed by atoms with E-state index in [9.17, 15) is 18.7 Å². The van der Waals surface area contributed by atoms with Crippen molar-refractivity contribution in [3.63, 3.8) is 0 Å². The maximum atomic E-state index is 12.9. The first-order valence-electron chi connectivity index (χ1n) is 10.5. The normalized spacial score (nSPS) is 18.1. The van der Waals surface area contributed by atoms with Gasteiger partial charge in [0.05, 0.1) is 11.7 Å². The third kappa shape index (κ3) is 5.40. The molecule has 0 radical (unpaired) electrons. The molecule has 1 aliphatic rings. The van der Waals surface area contributed by atoms with Crippen molar-refractivity contribution in [1.82, 2.24) is 15.0 Å². The van der Waals surface area contributed by atoms with Crippen molar-refractivity contribution >= 4 is 29.0 Å². The van der Waals surface area contributed by atoms with Crippen molar-refractivity contribution in [2.24, 2.45) is 5.92 Å². The van der Waals surface area contributed by atoms with E-state index >= 15 is 0 Å². The zero-order valence-corrected chi connectivity index (χ0v) is 19.1. The fourth-order valence-electron chi connectivity index (χ4n) is 3.75. The standard InChI is InChI=1S/C23H22ClF2N5O3/c1-13-10-31(11-20(13)32)21-18(19-9-27-12-29-14(19)2)7-15(8-28-21)22(33)30-16-3-5-17(6-4-16)34-23(24,25)26/h3-9,12-13,20,32H,10-11H2,1-2H3,(H,30,33)/t13-,20-/m1/s1. The lowest BCUT2D eigenvalue weighted by molar-refractivity contribution is -0.0964. The molecule has 3 aromatic rings. The second kappa shape index (κ2) is 9.47. The fraction of sp³-hybridized carbons (Fsp3) is 0.304. The molecule has 2 aromatic heterocycles. The Morgan fingerprint density at radius 2 is 1.94 bits per heavy atom. The van der Waals surface area contributed by atoms with Crippen LogP contribution in [0.25, 0.3) is 11.1 Å². The molecule has 1 saturated heterocycles. The molecule has 1 amide bonds. The number of carbonyl (C=O) groups excluding carboxylic acids is 1. The Labute approximate surface area is 199 Å². The highest BCUT2D eigenvalue weighted by Crippen LogP contribution is 2.34. The topological polar surface area (TPSA) is 100 Å². The molecule has 3 heterocycles. The van der Waals surface area contributed by atoms with Gasteiger partial charge >= 0.3 is 5.57 Å². The molecule has 11 heteroatoms. The Morgan fingerprint density at radius 1 is 1.21 bits per heavy atom. The van der Waals surface area contributed by atoms with Crippen LogP contribution in [-0.4, -0.2) is 50.7 Å². The summed E-state index contributed by atoms with van der Waals surface area (Å²) in [6.45, 7) is 4.85. The first-order chi connectivity index (χ1) is 16.1. The van der Waals surface area contributed by atoms with Gasteiger partial charge in [-0.2, -0.15) is 0 Å². The number of hydrogen-bond donors (Lipinski definition) is 2. The smallest absolute Gasteiger partial charge is 0.420 e. The van der Waals surface area contributed by atoms with Gasteiger partial charge in [-0.25, -0.2) is 15.0 Å². The zero-order valence-electron chi connectivity index (χ0n) is 18.4. The van der Waals surface area contributed by atoms with Crippen molar-refractivity contribution in [2.75, 3.05) is 23.3 Å². The van der Waals surface area contributed by atoms with E-state index in [-0.39, 0.29) is 17.2 Å². The van der Waals surface area contributed by atoms with E-state index < -0.39 is 17.6 Å². The van der Waals surface area contributed by atoms with Crippen LogP contribution in [0.2, 0.25) is 0 Å². The molecular formula is C23H22ClF2N5O3. The zero-order chi connectivity index (χ0) is 24.5. The van der Waals surface area contributed by atoms with Crippen LogP contribution in [-0.2, 0) is 0 Å². The summed E-state index contributed by atoms with van der Waals surface area (Å²) >= 11 is 4.77. The number of rotatable bonds is 6. The number of pyridine rings is 1. The molecule has 178 valence electrons. The minimum Gasteiger partial charge on any atom is -0.420 e. The van der Waals surface area contributed by atoms with Crippen molar-refractivity contribution in [3.8, 4) is 16.9 Å². The van der Waals surface area contributed by atoms with E-state index in [1.165, 1.54) is 36.8 Å². The Morgan fingerprint density at radius 3 is 2.56 bits per heavy atom.